The summed E-state index contributed by atoms with van der Waals surface area (Å²) in [7, 11) is 1.49. The van der Waals surface area contributed by atoms with E-state index < -0.39 is 11.7 Å². The lowest BCUT2D eigenvalue weighted by Gasteiger charge is -2.10. The number of carbonyl (C=O) groups excluding carboxylic acids is 1. The Morgan fingerprint density at radius 3 is 2.52 bits per heavy atom. The highest BCUT2D eigenvalue weighted by atomic mass is 19.4. The summed E-state index contributed by atoms with van der Waals surface area (Å²) in [6, 6.07) is 10.5. The molecule has 0 N–H and O–H groups in total. The van der Waals surface area contributed by atoms with Crippen molar-refractivity contribution in [2.45, 2.75) is 13.1 Å². The van der Waals surface area contributed by atoms with E-state index in [1.165, 1.54) is 32.3 Å². The van der Waals surface area contributed by atoms with Gasteiger partial charge in [-0.15, -0.1) is 0 Å². The summed E-state index contributed by atoms with van der Waals surface area (Å²) in [5.74, 6) is 0.233. The number of allylic oxidation sites excluding steroid dienone is 1. The monoisotopic (exact) mass is 320 g/mol. The van der Waals surface area contributed by atoms with Crippen molar-refractivity contribution in [3.8, 4) is 5.75 Å². The predicted molar refractivity (Wildman–Crippen MR) is 82.5 cm³/mol. The predicted octanol–water partition coefficient (Wildman–Crippen LogP) is 4.92. The first-order chi connectivity index (χ1) is 10.8. The molecule has 2 aromatic rings. The fourth-order valence-corrected chi connectivity index (χ4v) is 2.09. The Labute approximate surface area is 132 Å². The van der Waals surface area contributed by atoms with Gasteiger partial charge in [0.05, 0.1) is 12.7 Å². The molecule has 0 heterocycles. The molecule has 0 aliphatic carbocycles. The van der Waals surface area contributed by atoms with Gasteiger partial charge in [-0.3, -0.25) is 4.79 Å². The minimum absolute atomic E-state index is 0.147. The molecule has 0 bridgehead atoms. The highest BCUT2D eigenvalue weighted by Crippen LogP contribution is 2.32. The average molecular weight is 320 g/mol. The molecule has 0 aliphatic rings. The Hall–Kier alpha value is -2.56. The molecular formula is C18H15F3O2. The average Bonchev–Trinajstić information content (AvgIpc) is 2.52. The SMILES string of the molecule is COc1cccc(C(=O)/C=C/c2ccc(C)c(C(F)(F)F)c2)c1. The molecule has 120 valence electrons. The zero-order valence-electron chi connectivity index (χ0n) is 12.6. The molecule has 5 heteroatoms. The summed E-state index contributed by atoms with van der Waals surface area (Å²) < 4.78 is 43.6. The van der Waals surface area contributed by atoms with Gasteiger partial charge in [0, 0.05) is 5.56 Å². The Kier molecular flexibility index (Phi) is 4.89. The van der Waals surface area contributed by atoms with Crippen LogP contribution in [0.25, 0.3) is 6.08 Å². The Morgan fingerprint density at radius 1 is 1.13 bits per heavy atom. The number of rotatable bonds is 4. The minimum atomic E-state index is -4.41. The van der Waals surface area contributed by atoms with Gasteiger partial charge in [-0.25, -0.2) is 0 Å². The van der Waals surface area contributed by atoms with Crippen molar-refractivity contribution in [1.29, 1.82) is 0 Å². The van der Waals surface area contributed by atoms with Gasteiger partial charge in [0.15, 0.2) is 5.78 Å². The van der Waals surface area contributed by atoms with Gasteiger partial charge >= 0.3 is 6.18 Å². The molecule has 2 rings (SSSR count). The molecular weight excluding hydrogens is 305 g/mol. The number of hydrogen-bond donors (Lipinski definition) is 0. The molecule has 0 fully saturated rings. The smallest absolute Gasteiger partial charge is 0.416 e. The number of alkyl halides is 3. The van der Waals surface area contributed by atoms with Crippen LogP contribution in [-0.4, -0.2) is 12.9 Å². The van der Waals surface area contributed by atoms with E-state index in [9.17, 15) is 18.0 Å². The van der Waals surface area contributed by atoms with E-state index in [0.29, 0.717) is 16.9 Å². The van der Waals surface area contributed by atoms with Crippen molar-refractivity contribution in [1.82, 2.24) is 0 Å². The van der Waals surface area contributed by atoms with E-state index in [-0.39, 0.29) is 11.3 Å². The van der Waals surface area contributed by atoms with Gasteiger partial charge in [-0.2, -0.15) is 13.2 Å². The third-order valence-corrected chi connectivity index (χ3v) is 3.35. The highest BCUT2D eigenvalue weighted by molar-refractivity contribution is 6.07. The summed E-state index contributed by atoms with van der Waals surface area (Å²) in [5, 5.41) is 0. The summed E-state index contributed by atoms with van der Waals surface area (Å²) in [4.78, 5) is 12.1. The molecule has 0 saturated heterocycles. The molecule has 0 saturated carbocycles. The van der Waals surface area contributed by atoms with Crippen LogP contribution in [0.3, 0.4) is 0 Å². The van der Waals surface area contributed by atoms with Crippen molar-refractivity contribution in [2.75, 3.05) is 7.11 Å². The van der Waals surface area contributed by atoms with Crippen molar-refractivity contribution < 1.29 is 22.7 Å². The molecule has 2 nitrogen and oxygen atoms in total. The van der Waals surface area contributed by atoms with Gasteiger partial charge in [0.25, 0.3) is 0 Å². The van der Waals surface area contributed by atoms with Crippen molar-refractivity contribution in [2.24, 2.45) is 0 Å². The first kappa shape index (κ1) is 16.8. The third kappa shape index (κ3) is 4.22. The maximum atomic E-state index is 12.9. The summed E-state index contributed by atoms with van der Waals surface area (Å²) in [6.07, 6.45) is -1.79. The van der Waals surface area contributed by atoms with Crippen molar-refractivity contribution in [3.63, 3.8) is 0 Å². The standard InChI is InChI=1S/C18H15F3O2/c1-12-6-7-13(10-16(12)18(19,20)21)8-9-17(22)14-4-3-5-15(11-14)23-2/h3-11H,1-2H3/b9-8+. The quantitative estimate of drug-likeness (QED) is 0.590. The first-order valence-electron chi connectivity index (χ1n) is 6.85. The van der Waals surface area contributed by atoms with Crippen LogP contribution < -0.4 is 4.74 Å². The van der Waals surface area contributed by atoms with Crippen LogP contribution >= 0.6 is 0 Å². The van der Waals surface area contributed by atoms with Gasteiger partial charge in [-0.1, -0.05) is 30.3 Å². The number of halogens is 3. The van der Waals surface area contributed by atoms with E-state index in [1.807, 2.05) is 0 Å². The lowest BCUT2D eigenvalue weighted by atomic mass is 10.0. The molecule has 0 aliphatic heterocycles. The van der Waals surface area contributed by atoms with Gasteiger partial charge < -0.3 is 4.74 Å². The summed E-state index contributed by atoms with van der Waals surface area (Å²) in [6.45, 7) is 1.40. The zero-order chi connectivity index (χ0) is 17.0. The van der Waals surface area contributed by atoms with Crippen LogP contribution in [0.2, 0.25) is 0 Å². The molecule has 0 atom stereocenters. The molecule has 0 spiro atoms. The Balaban J connectivity index is 2.24. The van der Waals surface area contributed by atoms with Crippen molar-refractivity contribution >= 4 is 11.9 Å². The van der Waals surface area contributed by atoms with E-state index in [2.05, 4.69) is 0 Å². The fourth-order valence-electron chi connectivity index (χ4n) is 2.09. The summed E-state index contributed by atoms with van der Waals surface area (Å²) >= 11 is 0. The maximum absolute atomic E-state index is 12.9. The normalized spacial score (nSPS) is 11.7. The first-order valence-corrected chi connectivity index (χ1v) is 6.85. The van der Waals surface area contributed by atoms with Crippen LogP contribution in [0, 0.1) is 6.92 Å². The molecule has 0 amide bonds. The largest absolute Gasteiger partial charge is 0.497 e. The van der Waals surface area contributed by atoms with E-state index >= 15 is 0 Å². The number of ketones is 1. The van der Waals surface area contributed by atoms with E-state index in [1.54, 1.807) is 30.3 Å². The molecule has 0 aromatic heterocycles. The fraction of sp³-hybridized carbons (Fsp3) is 0.167. The number of benzene rings is 2. The minimum Gasteiger partial charge on any atom is -0.497 e. The lowest BCUT2D eigenvalue weighted by molar-refractivity contribution is -0.138. The second-order valence-electron chi connectivity index (χ2n) is 5.00. The Morgan fingerprint density at radius 2 is 1.87 bits per heavy atom. The second-order valence-corrected chi connectivity index (χ2v) is 5.00. The van der Waals surface area contributed by atoms with Crippen LogP contribution in [0.4, 0.5) is 13.2 Å². The number of carbonyl (C=O) groups is 1. The number of ether oxygens (including phenoxy) is 1. The molecule has 2 aromatic carbocycles. The number of hydrogen-bond acceptors (Lipinski definition) is 2. The number of aryl methyl sites for hydroxylation is 1. The van der Waals surface area contributed by atoms with Crippen LogP contribution in [0.5, 0.6) is 5.75 Å². The summed E-state index contributed by atoms with van der Waals surface area (Å²) in [5.41, 5.74) is 0.171. The molecule has 0 radical (unpaired) electrons. The van der Waals surface area contributed by atoms with Crippen LogP contribution in [0.1, 0.15) is 27.0 Å². The van der Waals surface area contributed by atoms with Crippen LogP contribution in [-0.2, 0) is 6.18 Å². The third-order valence-electron chi connectivity index (χ3n) is 3.35. The van der Waals surface area contributed by atoms with Crippen molar-refractivity contribution in [3.05, 3.63) is 70.8 Å². The molecule has 23 heavy (non-hydrogen) atoms. The van der Waals surface area contributed by atoms with E-state index in [4.69, 9.17) is 4.74 Å². The highest BCUT2D eigenvalue weighted by Gasteiger charge is 2.32. The van der Waals surface area contributed by atoms with Gasteiger partial charge in [0.1, 0.15) is 5.75 Å². The van der Waals surface area contributed by atoms with Gasteiger partial charge in [-0.05, 0) is 42.3 Å². The number of methoxy groups -OCH3 is 1. The second kappa shape index (κ2) is 6.69. The topological polar surface area (TPSA) is 26.3 Å². The lowest BCUT2D eigenvalue weighted by Crippen LogP contribution is -2.07. The van der Waals surface area contributed by atoms with Crippen LogP contribution in [0.15, 0.2) is 48.5 Å². The zero-order valence-corrected chi connectivity index (χ0v) is 12.6. The Bertz CT molecular complexity index is 746. The molecule has 0 unspecified atom stereocenters. The van der Waals surface area contributed by atoms with E-state index in [0.717, 1.165) is 6.07 Å². The maximum Gasteiger partial charge on any atom is 0.416 e. The van der Waals surface area contributed by atoms with Gasteiger partial charge in [0.2, 0.25) is 0 Å².